The largest absolute Gasteiger partial charge is 0.492 e. The second kappa shape index (κ2) is 9.63. The molecule has 1 aromatic heterocycles. The molecule has 0 bridgehead atoms. The average Bonchev–Trinajstić information content (AvgIpc) is 3.48. The minimum absolute atomic E-state index is 0.0147. The predicted octanol–water partition coefficient (Wildman–Crippen LogP) is 7.26. The number of rotatable bonds is 6. The van der Waals surface area contributed by atoms with Crippen molar-refractivity contribution in [3.63, 3.8) is 0 Å². The minimum Gasteiger partial charge on any atom is -0.492 e. The fourth-order valence-corrected chi connectivity index (χ4v) is 4.75. The lowest BCUT2D eigenvalue weighted by atomic mass is 10.1. The maximum atomic E-state index is 14.8. The summed E-state index contributed by atoms with van der Waals surface area (Å²) in [6.45, 7) is 0.514. The highest BCUT2D eigenvalue weighted by molar-refractivity contribution is 6.30. The molecule has 5 rings (SSSR count). The molecule has 8 heteroatoms. The van der Waals surface area contributed by atoms with Crippen LogP contribution in [0.15, 0.2) is 48.5 Å². The first-order valence-corrected chi connectivity index (χ1v) is 11.8. The van der Waals surface area contributed by atoms with Crippen LogP contribution >= 0.6 is 11.6 Å². The summed E-state index contributed by atoms with van der Waals surface area (Å²) in [5, 5.41) is 9.53. The van der Waals surface area contributed by atoms with Crippen LogP contribution in [-0.2, 0) is 6.54 Å². The van der Waals surface area contributed by atoms with Crippen LogP contribution in [0.2, 0.25) is 5.02 Å². The van der Waals surface area contributed by atoms with Gasteiger partial charge >= 0.3 is 0 Å². The molecule has 35 heavy (non-hydrogen) atoms. The molecule has 0 unspecified atom stereocenters. The highest BCUT2D eigenvalue weighted by Gasteiger charge is 2.22. The van der Waals surface area contributed by atoms with Gasteiger partial charge in [-0.15, -0.1) is 0 Å². The number of nitrogens with zero attached hydrogens (tertiary/aromatic N) is 3. The summed E-state index contributed by atoms with van der Waals surface area (Å²) in [5.41, 5.74) is 1.58. The smallest absolute Gasteiger partial charge is 0.161 e. The van der Waals surface area contributed by atoms with Gasteiger partial charge in [0.1, 0.15) is 17.4 Å². The van der Waals surface area contributed by atoms with Crippen molar-refractivity contribution < 1.29 is 17.9 Å². The van der Waals surface area contributed by atoms with Crippen LogP contribution in [0.25, 0.3) is 22.4 Å². The van der Waals surface area contributed by atoms with Crippen molar-refractivity contribution in [1.82, 2.24) is 9.55 Å². The van der Waals surface area contributed by atoms with E-state index in [-0.39, 0.29) is 23.2 Å². The monoisotopic (exact) mass is 495 g/mol. The summed E-state index contributed by atoms with van der Waals surface area (Å²) in [5.74, 6) is -1.30. The summed E-state index contributed by atoms with van der Waals surface area (Å²) in [6.07, 6.45) is 4.56. The van der Waals surface area contributed by atoms with Crippen molar-refractivity contribution in [1.29, 1.82) is 5.26 Å². The van der Waals surface area contributed by atoms with Gasteiger partial charge in [-0.3, -0.25) is 0 Å². The van der Waals surface area contributed by atoms with Gasteiger partial charge in [0, 0.05) is 22.7 Å². The fourth-order valence-electron chi connectivity index (χ4n) is 4.59. The molecule has 1 aliphatic rings. The van der Waals surface area contributed by atoms with Crippen LogP contribution in [0.4, 0.5) is 13.2 Å². The van der Waals surface area contributed by atoms with Gasteiger partial charge in [0.2, 0.25) is 0 Å². The zero-order valence-corrected chi connectivity index (χ0v) is 19.5. The quantitative estimate of drug-likeness (QED) is 0.283. The number of halogens is 4. The second-order valence-corrected chi connectivity index (χ2v) is 9.23. The number of ether oxygens (including phenoxy) is 1. The van der Waals surface area contributed by atoms with Crippen LogP contribution in [0, 0.1) is 34.7 Å². The van der Waals surface area contributed by atoms with Crippen molar-refractivity contribution in [2.75, 3.05) is 6.61 Å². The Morgan fingerprint density at radius 1 is 1.00 bits per heavy atom. The summed E-state index contributed by atoms with van der Waals surface area (Å²) in [4.78, 5) is 4.57. The molecule has 0 spiro atoms. The summed E-state index contributed by atoms with van der Waals surface area (Å²) >= 11 is 6.26. The van der Waals surface area contributed by atoms with Crippen molar-refractivity contribution >= 4 is 22.6 Å². The lowest BCUT2D eigenvalue weighted by Crippen LogP contribution is -2.10. The summed E-state index contributed by atoms with van der Waals surface area (Å²) in [6, 6.07) is 13.3. The molecule has 0 radical (unpaired) electrons. The number of benzene rings is 3. The van der Waals surface area contributed by atoms with Crippen molar-refractivity contribution in [3.8, 4) is 23.2 Å². The Morgan fingerprint density at radius 2 is 1.77 bits per heavy atom. The van der Waals surface area contributed by atoms with E-state index < -0.39 is 17.5 Å². The molecule has 0 atom stereocenters. The molecule has 4 aromatic rings. The van der Waals surface area contributed by atoms with Gasteiger partial charge < -0.3 is 9.30 Å². The maximum absolute atomic E-state index is 14.8. The third-order valence-electron chi connectivity index (χ3n) is 6.43. The van der Waals surface area contributed by atoms with Gasteiger partial charge in [0.25, 0.3) is 0 Å². The Hall–Kier alpha value is -3.50. The van der Waals surface area contributed by atoms with Crippen LogP contribution in [0.3, 0.4) is 0 Å². The molecule has 1 saturated carbocycles. The first-order chi connectivity index (χ1) is 16.9. The Labute approximate surface area is 205 Å². The lowest BCUT2D eigenvalue weighted by Gasteiger charge is -2.16. The van der Waals surface area contributed by atoms with E-state index in [1.165, 1.54) is 25.0 Å². The molecular formula is C27H21ClF3N3O. The van der Waals surface area contributed by atoms with E-state index in [0.717, 1.165) is 31.0 Å². The number of aromatic nitrogens is 2. The minimum atomic E-state index is -1.03. The number of nitriles is 1. The van der Waals surface area contributed by atoms with Crippen molar-refractivity contribution in [3.05, 3.63) is 82.1 Å². The van der Waals surface area contributed by atoms with E-state index in [0.29, 0.717) is 40.2 Å². The molecule has 3 aromatic carbocycles. The van der Waals surface area contributed by atoms with Crippen LogP contribution in [0.5, 0.6) is 5.75 Å². The zero-order valence-electron chi connectivity index (χ0n) is 18.7. The molecule has 4 nitrogen and oxygen atoms in total. The average molecular weight is 496 g/mol. The Balaban J connectivity index is 1.63. The van der Waals surface area contributed by atoms with Crippen LogP contribution in [-0.4, -0.2) is 16.2 Å². The number of fused-ring (bicyclic) bond motifs is 1. The molecule has 0 amide bonds. The van der Waals surface area contributed by atoms with E-state index in [2.05, 4.69) is 4.98 Å². The van der Waals surface area contributed by atoms with Crippen molar-refractivity contribution in [2.45, 2.75) is 32.2 Å². The first kappa shape index (κ1) is 23.3. The molecule has 178 valence electrons. The van der Waals surface area contributed by atoms with E-state index in [9.17, 15) is 13.2 Å². The standard InChI is InChI=1S/C27H21ClF3N3O/c28-19-7-8-20(26(10-19)35-15-16-3-1-2-4-16)27-33-24-11-22(30)23(31)12-25(24)34(27)14-18-6-5-17(13-32)9-21(18)29/h5-12,16H,1-4,14-15H2. The summed E-state index contributed by atoms with van der Waals surface area (Å²) < 4.78 is 50.8. The first-order valence-electron chi connectivity index (χ1n) is 11.4. The zero-order chi connectivity index (χ0) is 24.5. The van der Waals surface area contributed by atoms with Crippen LogP contribution < -0.4 is 4.74 Å². The highest BCUT2D eigenvalue weighted by Crippen LogP contribution is 2.36. The number of imidazole rings is 1. The third-order valence-corrected chi connectivity index (χ3v) is 6.67. The molecule has 1 aliphatic carbocycles. The van der Waals surface area contributed by atoms with Gasteiger partial charge in [-0.2, -0.15) is 5.26 Å². The topological polar surface area (TPSA) is 50.8 Å². The normalized spacial score (nSPS) is 13.9. The van der Waals surface area contributed by atoms with E-state index in [4.69, 9.17) is 21.6 Å². The second-order valence-electron chi connectivity index (χ2n) is 8.80. The van der Waals surface area contributed by atoms with E-state index in [1.807, 2.05) is 6.07 Å². The molecular weight excluding hydrogens is 475 g/mol. The summed E-state index contributed by atoms with van der Waals surface area (Å²) in [7, 11) is 0. The van der Waals surface area contributed by atoms with Gasteiger partial charge in [0.05, 0.1) is 41.4 Å². The number of hydrogen-bond donors (Lipinski definition) is 0. The third kappa shape index (κ3) is 4.71. The van der Waals surface area contributed by atoms with Gasteiger partial charge in [0.15, 0.2) is 11.6 Å². The van der Waals surface area contributed by atoms with E-state index >= 15 is 0 Å². The molecule has 1 heterocycles. The molecule has 1 fully saturated rings. The maximum Gasteiger partial charge on any atom is 0.161 e. The molecule has 0 N–H and O–H groups in total. The SMILES string of the molecule is N#Cc1ccc(Cn2c(-c3ccc(Cl)cc3OCC3CCCC3)nc3cc(F)c(F)cc32)c(F)c1. The van der Waals surface area contributed by atoms with Gasteiger partial charge in [-0.05, 0) is 49.1 Å². The molecule has 0 saturated heterocycles. The van der Waals surface area contributed by atoms with Crippen LogP contribution in [0.1, 0.15) is 36.8 Å². The van der Waals surface area contributed by atoms with Gasteiger partial charge in [-0.25, -0.2) is 18.2 Å². The highest BCUT2D eigenvalue weighted by atomic mass is 35.5. The predicted molar refractivity (Wildman–Crippen MR) is 128 cm³/mol. The van der Waals surface area contributed by atoms with Gasteiger partial charge in [-0.1, -0.05) is 30.5 Å². The lowest BCUT2D eigenvalue weighted by molar-refractivity contribution is 0.253. The number of hydrogen-bond acceptors (Lipinski definition) is 3. The van der Waals surface area contributed by atoms with E-state index in [1.54, 1.807) is 22.8 Å². The molecule has 0 aliphatic heterocycles. The Bertz CT molecular complexity index is 1450. The Morgan fingerprint density at radius 3 is 2.51 bits per heavy atom. The fraction of sp³-hybridized carbons (Fsp3) is 0.259. The Kier molecular flexibility index (Phi) is 6.40. The van der Waals surface area contributed by atoms with Crippen molar-refractivity contribution in [2.24, 2.45) is 5.92 Å².